The van der Waals surface area contributed by atoms with Gasteiger partial charge in [0.1, 0.15) is 0 Å². The summed E-state index contributed by atoms with van der Waals surface area (Å²) in [6.07, 6.45) is 2.13. The molecule has 2 rings (SSSR count). The van der Waals surface area contributed by atoms with Gasteiger partial charge in [0.15, 0.2) is 0 Å². The zero-order valence-electron chi connectivity index (χ0n) is 12.5. The molecule has 21 heavy (non-hydrogen) atoms. The Kier molecular flexibility index (Phi) is 4.90. The van der Waals surface area contributed by atoms with Gasteiger partial charge in [-0.05, 0) is 51.4 Å². The number of hydrogen-bond acceptors (Lipinski definition) is 4. The first kappa shape index (κ1) is 15.4. The molecule has 0 radical (unpaired) electrons. The molecule has 1 unspecified atom stereocenters. The first-order chi connectivity index (χ1) is 10.0. The Bertz CT molecular complexity index is 543. The van der Waals surface area contributed by atoms with E-state index >= 15 is 0 Å². The van der Waals surface area contributed by atoms with Gasteiger partial charge < -0.3 is 10.2 Å². The van der Waals surface area contributed by atoms with Gasteiger partial charge in [0.2, 0.25) is 0 Å². The molecule has 1 aromatic rings. The summed E-state index contributed by atoms with van der Waals surface area (Å²) in [6.45, 7) is 4.07. The van der Waals surface area contributed by atoms with Crippen molar-refractivity contribution in [2.24, 2.45) is 5.92 Å². The van der Waals surface area contributed by atoms with Crippen LogP contribution in [0, 0.1) is 23.0 Å². The molecule has 1 aromatic carbocycles. The summed E-state index contributed by atoms with van der Waals surface area (Å²) in [4.78, 5) is 24.8. The molecule has 1 heterocycles. The van der Waals surface area contributed by atoms with Crippen LogP contribution in [0.25, 0.3) is 0 Å². The highest BCUT2D eigenvalue weighted by molar-refractivity contribution is 5.94. The largest absolute Gasteiger partial charge is 0.338 e. The molecular formula is C15H21N3O3. The lowest BCUT2D eigenvalue weighted by molar-refractivity contribution is -0.385. The molecule has 6 heteroatoms. The number of piperidine rings is 1. The summed E-state index contributed by atoms with van der Waals surface area (Å²) in [6, 6.07) is 4.58. The van der Waals surface area contributed by atoms with Crippen molar-refractivity contribution < 1.29 is 9.72 Å². The standard InChI is InChI=1S/C15H21N3O3/c1-11-8-13(5-6-14(11)18(20)21)15(19)17-7-3-4-12(10-17)9-16-2/h5-6,8,12,16H,3-4,7,9-10H2,1-2H3. The minimum atomic E-state index is -0.423. The van der Waals surface area contributed by atoms with Crippen LogP contribution < -0.4 is 5.32 Å². The monoisotopic (exact) mass is 291 g/mol. The smallest absolute Gasteiger partial charge is 0.272 e. The molecule has 0 spiro atoms. The zero-order valence-corrected chi connectivity index (χ0v) is 12.5. The number of nitrogens with one attached hydrogen (secondary N) is 1. The Hall–Kier alpha value is -1.95. The van der Waals surface area contributed by atoms with Crippen molar-refractivity contribution in [3.05, 3.63) is 39.4 Å². The molecule has 1 saturated heterocycles. The molecule has 1 aliphatic rings. The average Bonchev–Trinajstić information content (AvgIpc) is 2.46. The summed E-state index contributed by atoms with van der Waals surface area (Å²) in [7, 11) is 1.92. The van der Waals surface area contributed by atoms with Crippen molar-refractivity contribution >= 4 is 11.6 Å². The SMILES string of the molecule is CNCC1CCCN(C(=O)c2ccc([N+](=O)[O-])c(C)c2)C1. The fraction of sp³-hybridized carbons (Fsp3) is 0.533. The average molecular weight is 291 g/mol. The van der Waals surface area contributed by atoms with Crippen molar-refractivity contribution in [2.45, 2.75) is 19.8 Å². The summed E-state index contributed by atoms with van der Waals surface area (Å²) < 4.78 is 0. The highest BCUT2D eigenvalue weighted by Gasteiger charge is 2.25. The van der Waals surface area contributed by atoms with Gasteiger partial charge in [-0.3, -0.25) is 14.9 Å². The van der Waals surface area contributed by atoms with Crippen LogP contribution in [0.1, 0.15) is 28.8 Å². The number of carbonyl (C=O) groups is 1. The number of hydrogen-bond donors (Lipinski definition) is 1. The van der Waals surface area contributed by atoms with E-state index in [1.165, 1.54) is 6.07 Å². The second-order valence-corrected chi connectivity index (χ2v) is 5.58. The second-order valence-electron chi connectivity index (χ2n) is 5.58. The van der Waals surface area contributed by atoms with E-state index in [1.54, 1.807) is 19.1 Å². The van der Waals surface area contributed by atoms with Crippen LogP contribution in [0.15, 0.2) is 18.2 Å². The van der Waals surface area contributed by atoms with E-state index in [0.29, 0.717) is 17.0 Å². The zero-order chi connectivity index (χ0) is 15.4. The fourth-order valence-electron chi connectivity index (χ4n) is 2.88. The quantitative estimate of drug-likeness (QED) is 0.680. The van der Waals surface area contributed by atoms with Crippen molar-refractivity contribution in [1.29, 1.82) is 0 Å². The molecule has 1 amide bonds. The lowest BCUT2D eigenvalue weighted by Gasteiger charge is -2.32. The number of aryl methyl sites for hydroxylation is 1. The highest BCUT2D eigenvalue weighted by atomic mass is 16.6. The van der Waals surface area contributed by atoms with Crippen LogP contribution in [0.2, 0.25) is 0 Å². The third kappa shape index (κ3) is 3.58. The van der Waals surface area contributed by atoms with Gasteiger partial charge in [0.25, 0.3) is 11.6 Å². The molecular weight excluding hydrogens is 270 g/mol. The molecule has 0 aromatic heterocycles. The number of nitrogens with zero attached hydrogens (tertiary/aromatic N) is 2. The Morgan fingerprint density at radius 2 is 2.29 bits per heavy atom. The topological polar surface area (TPSA) is 75.5 Å². The van der Waals surface area contributed by atoms with Gasteiger partial charge in [-0.2, -0.15) is 0 Å². The predicted molar refractivity (Wildman–Crippen MR) is 80.4 cm³/mol. The van der Waals surface area contributed by atoms with Crippen molar-refractivity contribution in [2.75, 3.05) is 26.7 Å². The predicted octanol–water partition coefficient (Wildman–Crippen LogP) is 1.97. The molecule has 1 atom stereocenters. The lowest BCUT2D eigenvalue weighted by atomic mass is 9.97. The molecule has 1 aliphatic heterocycles. The molecule has 0 saturated carbocycles. The van der Waals surface area contributed by atoms with Crippen LogP contribution in [-0.2, 0) is 0 Å². The van der Waals surface area contributed by atoms with Crippen molar-refractivity contribution in [3.8, 4) is 0 Å². The minimum Gasteiger partial charge on any atom is -0.338 e. The maximum atomic E-state index is 12.5. The molecule has 1 fully saturated rings. The Labute approximate surface area is 124 Å². The molecule has 0 bridgehead atoms. The fourth-order valence-corrected chi connectivity index (χ4v) is 2.88. The normalized spacial score (nSPS) is 18.6. The number of benzene rings is 1. The number of rotatable bonds is 4. The Balaban J connectivity index is 2.12. The van der Waals surface area contributed by atoms with Gasteiger partial charge in [-0.1, -0.05) is 0 Å². The number of amides is 1. The number of nitro groups is 1. The van der Waals surface area contributed by atoms with Gasteiger partial charge in [-0.15, -0.1) is 0 Å². The van der Waals surface area contributed by atoms with Crippen LogP contribution in [-0.4, -0.2) is 42.4 Å². The summed E-state index contributed by atoms with van der Waals surface area (Å²) in [5.41, 5.74) is 1.11. The van der Waals surface area contributed by atoms with Gasteiger partial charge in [0, 0.05) is 30.3 Å². The van der Waals surface area contributed by atoms with Crippen molar-refractivity contribution in [1.82, 2.24) is 10.2 Å². The molecule has 1 N–H and O–H groups in total. The lowest BCUT2D eigenvalue weighted by Crippen LogP contribution is -2.42. The maximum Gasteiger partial charge on any atom is 0.272 e. The summed E-state index contributed by atoms with van der Waals surface area (Å²) in [5.74, 6) is 0.445. The summed E-state index contributed by atoms with van der Waals surface area (Å²) in [5, 5.41) is 14.0. The molecule has 6 nitrogen and oxygen atoms in total. The van der Waals surface area contributed by atoms with Crippen LogP contribution >= 0.6 is 0 Å². The molecule has 0 aliphatic carbocycles. The van der Waals surface area contributed by atoms with Gasteiger partial charge in [-0.25, -0.2) is 0 Å². The van der Waals surface area contributed by atoms with E-state index in [9.17, 15) is 14.9 Å². The minimum absolute atomic E-state index is 0.0335. The first-order valence-electron chi connectivity index (χ1n) is 7.22. The van der Waals surface area contributed by atoms with E-state index < -0.39 is 4.92 Å². The third-order valence-electron chi connectivity index (χ3n) is 3.94. The van der Waals surface area contributed by atoms with Gasteiger partial charge in [0.05, 0.1) is 4.92 Å². The summed E-state index contributed by atoms with van der Waals surface area (Å²) >= 11 is 0. The number of nitro benzene ring substituents is 1. The second kappa shape index (κ2) is 6.67. The van der Waals surface area contributed by atoms with E-state index in [0.717, 1.165) is 32.5 Å². The Morgan fingerprint density at radius 1 is 1.52 bits per heavy atom. The van der Waals surface area contributed by atoms with Crippen LogP contribution in [0.4, 0.5) is 5.69 Å². The number of carbonyl (C=O) groups excluding carboxylic acids is 1. The van der Waals surface area contributed by atoms with E-state index in [4.69, 9.17) is 0 Å². The van der Waals surface area contributed by atoms with E-state index in [1.807, 2.05) is 11.9 Å². The van der Waals surface area contributed by atoms with Crippen LogP contribution in [0.5, 0.6) is 0 Å². The third-order valence-corrected chi connectivity index (χ3v) is 3.94. The van der Waals surface area contributed by atoms with Crippen LogP contribution in [0.3, 0.4) is 0 Å². The number of likely N-dealkylation sites (tertiary alicyclic amines) is 1. The maximum absolute atomic E-state index is 12.5. The van der Waals surface area contributed by atoms with E-state index in [-0.39, 0.29) is 11.6 Å². The first-order valence-corrected chi connectivity index (χ1v) is 7.22. The van der Waals surface area contributed by atoms with E-state index in [2.05, 4.69) is 5.32 Å². The van der Waals surface area contributed by atoms with Gasteiger partial charge >= 0.3 is 0 Å². The molecule has 114 valence electrons. The van der Waals surface area contributed by atoms with Crippen molar-refractivity contribution in [3.63, 3.8) is 0 Å². The highest BCUT2D eigenvalue weighted by Crippen LogP contribution is 2.22. The Morgan fingerprint density at radius 3 is 2.90 bits per heavy atom.